The number of phenolic OH excluding ortho intramolecular Hbond substituents is 3. The Morgan fingerprint density at radius 3 is 1.90 bits per heavy atom. The summed E-state index contributed by atoms with van der Waals surface area (Å²) in [5, 5.41) is 64.9. The standard InChI is InChI=1S/C43H45N5O11SSi/c1-4-55-61(56-5-2,57-6-3)24-22-28-13-11-27(12-14-28)21-23-54-43(52)39-37(49)20-19-36(42(39)51)47-45-34-17-18-35(32-10-8-7-9-31(32)34)46-48-40-38(60-59-58-53)25-29-15-16-30(44)26-33(29)41(40)50/h7-20,25-26,49-51,53H,4-6,21-24,44H2,1-3H3. The summed E-state index contributed by atoms with van der Waals surface area (Å²) in [4.78, 5) is 13.4. The largest absolute Gasteiger partial charge is 0.507 e. The molecule has 0 atom stereocenters. The van der Waals surface area contributed by atoms with E-state index in [1.54, 1.807) is 60.7 Å². The summed E-state index contributed by atoms with van der Waals surface area (Å²) in [5.41, 5.74) is 8.73. The number of esters is 1. The van der Waals surface area contributed by atoms with Gasteiger partial charge in [-0.1, -0.05) is 59.6 Å². The summed E-state index contributed by atoms with van der Waals surface area (Å²) >= 11 is 0.621. The van der Waals surface area contributed by atoms with Crippen molar-refractivity contribution in [1.82, 2.24) is 0 Å². The van der Waals surface area contributed by atoms with E-state index in [9.17, 15) is 20.1 Å². The van der Waals surface area contributed by atoms with E-state index in [0.29, 0.717) is 87.8 Å². The molecule has 0 saturated carbocycles. The number of hydrogen-bond acceptors (Lipinski definition) is 17. The smallest absolute Gasteiger partial charge is 0.501 e. The molecule has 0 unspecified atom stereocenters. The number of nitrogens with zero attached hydrogens (tertiary/aromatic N) is 4. The topological polar surface area (TPSA) is 229 Å². The summed E-state index contributed by atoms with van der Waals surface area (Å²) in [6.45, 7) is 7.32. The molecule has 6 rings (SSSR count). The molecule has 0 aliphatic heterocycles. The Balaban J connectivity index is 1.14. The van der Waals surface area contributed by atoms with Crippen LogP contribution in [0, 0.1) is 0 Å². The van der Waals surface area contributed by atoms with Crippen molar-refractivity contribution in [2.45, 2.75) is 44.6 Å². The Labute approximate surface area is 356 Å². The van der Waals surface area contributed by atoms with Crippen molar-refractivity contribution in [2.24, 2.45) is 20.5 Å². The molecule has 0 fully saturated rings. The monoisotopic (exact) mass is 867 g/mol. The zero-order valence-electron chi connectivity index (χ0n) is 33.6. The Morgan fingerprint density at radius 2 is 1.28 bits per heavy atom. The Bertz CT molecular complexity index is 2530. The van der Waals surface area contributed by atoms with Crippen LogP contribution in [0.1, 0.15) is 42.3 Å². The lowest BCUT2D eigenvalue weighted by molar-refractivity contribution is -0.432. The van der Waals surface area contributed by atoms with Crippen LogP contribution >= 0.6 is 12.0 Å². The molecule has 0 heterocycles. The molecule has 318 valence electrons. The van der Waals surface area contributed by atoms with Gasteiger partial charge >= 0.3 is 14.8 Å². The highest BCUT2D eigenvalue weighted by Gasteiger charge is 2.39. The maximum atomic E-state index is 13.1. The molecule has 0 spiro atoms. The first-order chi connectivity index (χ1) is 29.6. The van der Waals surface area contributed by atoms with Crippen LogP contribution in [-0.2, 0) is 40.2 Å². The van der Waals surface area contributed by atoms with E-state index in [4.69, 9.17) is 29.0 Å². The predicted molar refractivity (Wildman–Crippen MR) is 232 cm³/mol. The number of azo groups is 2. The van der Waals surface area contributed by atoms with E-state index in [0.717, 1.165) is 17.5 Å². The van der Waals surface area contributed by atoms with Crippen molar-refractivity contribution in [2.75, 3.05) is 32.2 Å². The maximum Gasteiger partial charge on any atom is 0.501 e. The molecule has 0 aliphatic carbocycles. The second-order valence-electron chi connectivity index (χ2n) is 13.3. The highest BCUT2D eigenvalue weighted by Crippen LogP contribution is 2.45. The summed E-state index contributed by atoms with van der Waals surface area (Å²) in [5.74, 6) is -2.21. The van der Waals surface area contributed by atoms with Crippen LogP contribution in [0.3, 0.4) is 0 Å². The minimum atomic E-state index is -2.77. The van der Waals surface area contributed by atoms with Crippen LogP contribution < -0.4 is 5.73 Å². The maximum absolute atomic E-state index is 13.1. The summed E-state index contributed by atoms with van der Waals surface area (Å²) in [7, 11) is -2.77. The number of anilines is 1. The van der Waals surface area contributed by atoms with Gasteiger partial charge < -0.3 is 39.1 Å². The number of aryl methyl sites for hydroxylation is 1. The van der Waals surface area contributed by atoms with E-state index in [1.165, 1.54) is 12.1 Å². The molecule has 0 bridgehead atoms. The third kappa shape index (κ3) is 10.9. The zero-order chi connectivity index (χ0) is 43.4. The van der Waals surface area contributed by atoms with Gasteiger partial charge in [0.2, 0.25) is 0 Å². The summed E-state index contributed by atoms with van der Waals surface area (Å²) < 4.78 is 28.0. The average Bonchev–Trinajstić information content (AvgIpc) is 3.25. The summed E-state index contributed by atoms with van der Waals surface area (Å²) in [6, 6.07) is 28.2. The van der Waals surface area contributed by atoms with E-state index < -0.39 is 31.8 Å². The third-order valence-corrected chi connectivity index (χ3v) is 13.1. The van der Waals surface area contributed by atoms with E-state index in [2.05, 4.69) is 29.8 Å². The van der Waals surface area contributed by atoms with E-state index >= 15 is 0 Å². The molecule has 16 nitrogen and oxygen atoms in total. The molecule has 0 aliphatic rings. The Morgan fingerprint density at radius 1 is 0.689 bits per heavy atom. The Kier molecular flexibility index (Phi) is 15.4. The van der Waals surface area contributed by atoms with Crippen molar-refractivity contribution >= 4 is 76.8 Å². The first-order valence-corrected chi connectivity index (χ1v) is 22.0. The van der Waals surface area contributed by atoms with Crippen molar-refractivity contribution in [3.63, 3.8) is 0 Å². The quantitative estimate of drug-likeness (QED) is 0.00916. The highest BCUT2D eigenvalue weighted by atomic mass is 32.2. The lowest BCUT2D eigenvalue weighted by Gasteiger charge is -2.28. The lowest BCUT2D eigenvalue weighted by Crippen LogP contribution is -2.46. The number of rotatable bonds is 20. The second kappa shape index (κ2) is 21.0. The van der Waals surface area contributed by atoms with E-state index in [1.807, 2.05) is 45.0 Å². The molecule has 0 aromatic heterocycles. The van der Waals surface area contributed by atoms with Gasteiger partial charge in [0.05, 0.1) is 34.9 Å². The number of ether oxygens (including phenoxy) is 1. The van der Waals surface area contributed by atoms with Crippen LogP contribution in [0.4, 0.5) is 28.4 Å². The average molecular weight is 868 g/mol. The highest BCUT2D eigenvalue weighted by molar-refractivity contribution is 7.94. The predicted octanol–water partition coefficient (Wildman–Crippen LogP) is 10.9. The van der Waals surface area contributed by atoms with Gasteiger partial charge in [-0.15, -0.1) is 24.8 Å². The zero-order valence-corrected chi connectivity index (χ0v) is 35.4. The molecule has 6 aromatic carbocycles. The van der Waals surface area contributed by atoms with Crippen molar-refractivity contribution in [3.05, 3.63) is 114 Å². The number of hydrogen-bond donors (Lipinski definition) is 5. The van der Waals surface area contributed by atoms with Gasteiger partial charge in [-0.25, -0.2) is 10.1 Å². The fraction of sp³-hybridized carbons (Fsp3) is 0.233. The first-order valence-electron chi connectivity index (χ1n) is 19.4. The number of nitrogen functional groups attached to an aromatic ring is 1. The van der Waals surface area contributed by atoms with Crippen LogP contribution in [0.25, 0.3) is 21.5 Å². The number of fused-ring (bicyclic) bond motifs is 2. The summed E-state index contributed by atoms with van der Waals surface area (Å²) in [6.07, 6.45) is 1.12. The van der Waals surface area contributed by atoms with Gasteiger partial charge in [0.1, 0.15) is 22.7 Å². The van der Waals surface area contributed by atoms with Gasteiger partial charge in [0.25, 0.3) is 0 Å². The number of aromatic hydroxyl groups is 3. The first kappa shape index (κ1) is 44.6. The molecule has 0 saturated heterocycles. The van der Waals surface area contributed by atoms with Crippen LogP contribution in [-0.4, -0.2) is 61.8 Å². The SMILES string of the molecule is CCO[Si](CCc1ccc(CCOC(=O)c2c(O)ccc(N=Nc3ccc(N=Nc4c(SOOO)cc5ccc(N)cc5c4O)c4ccccc34)c2O)cc1)(OCC)OCC. The lowest BCUT2D eigenvalue weighted by atomic mass is 10.1. The normalized spacial score (nSPS) is 12.0. The van der Waals surface area contributed by atoms with Gasteiger partial charge in [-0.2, -0.15) is 0 Å². The molecule has 6 aromatic rings. The fourth-order valence-electron chi connectivity index (χ4n) is 6.58. The number of carbonyl (C=O) groups excluding carboxylic acids is 1. The molecular weight excluding hydrogens is 823 g/mol. The minimum Gasteiger partial charge on any atom is -0.507 e. The minimum absolute atomic E-state index is 0.00631. The molecule has 18 heteroatoms. The molecule has 61 heavy (non-hydrogen) atoms. The number of phenols is 3. The van der Waals surface area contributed by atoms with Crippen LogP contribution in [0.2, 0.25) is 6.04 Å². The van der Waals surface area contributed by atoms with Gasteiger partial charge in [-0.3, -0.25) is 0 Å². The number of nitrogens with two attached hydrogens (primary N) is 1. The van der Waals surface area contributed by atoms with Crippen molar-refractivity contribution in [1.29, 1.82) is 0 Å². The van der Waals surface area contributed by atoms with Crippen molar-refractivity contribution in [3.8, 4) is 17.2 Å². The van der Waals surface area contributed by atoms with Gasteiger partial charge in [-0.05, 0) is 86.2 Å². The molecular formula is C43H45N5O11SSi. The van der Waals surface area contributed by atoms with Gasteiger partial charge in [0.15, 0.2) is 11.5 Å². The van der Waals surface area contributed by atoms with Gasteiger partial charge in [0, 0.05) is 54.1 Å². The van der Waals surface area contributed by atoms with E-state index in [-0.39, 0.29) is 23.7 Å². The second-order valence-corrected chi connectivity index (χ2v) is 16.8. The Hall–Kier alpha value is -5.96. The number of benzene rings is 6. The van der Waals surface area contributed by atoms with Crippen LogP contribution in [0.5, 0.6) is 17.2 Å². The van der Waals surface area contributed by atoms with Crippen molar-refractivity contribution < 1.29 is 52.8 Å². The molecule has 0 radical (unpaired) electrons. The molecule has 6 N–H and O–H groups in total. The third-order valence-electron chi connectivity index (χ3n) is 9.43. The van der Waals surface area contributed by atoms with Crippen LogP contribution in [0.15, 0.2) is 122 Å². The number of carbonyl (C=O) groups is 1. The fourth-order valence-corrected chi connectivity index (χ4v) is 9.67. The molecule has 0 amide bonds.